The Morgan fingerprint density at radius 1 is 1.00 bits per heavy atom. The topological polar surface area (TPSA) is 97.5 Å². The molecule has 0 unspecified atom stereocenters. The molecule has 0 saturated heterocycles. The van der Waals surface area contributed by atoms with Crippen LogP contribution in [0.15, 0.2) is 24.3 Å². The largest absolute Gasteiger partial charge is 0.490 e. The third kappa shape index (κ3) is 12.1. The minimum atomic E-state index is -5.08. The molecule has 2 rings (SSSR count). The van der Waals surface area contributed by atoms with Crippen molar-refractivity contribution >= 4 is 17.4 Å². The van der Waals surface area contributed by atoms with Gasteiger partial charge in [0.2, 0.25) is 0 Å². The Balaban J connectivity index is 0. The number of nitrogens with zero attached hydrogens (tertiary/aromatic N) is 1. The third-order valence-electron chi connectivity index (χ3n) is 2.28. The molecule has 0 spiro atoms. The van der Waals surface area contributed by atoms with Crippen molar-refractivity contribution in [3.8, 4) is 0 Å². The maximum Gasteiger partial charge on any atom is 0.490 e. The summed E-state index contributed by atoms with van der Waals surface area (Å²) in [7, 11) is 0. The first-order valence-electron chi connectivity index (χ1n) is 6.28. The molecule has 0 aromatic heterocycles. The molecule has 0 atom stereocenters. The summed E-state index contributed by atoms with van der Waals surface area (Å²) in [6.45, 7) is 1.42. The van der Waals surface area contributed by atoms with Gasteiger partial charge in [-0.3, -0.25) is 14.9 Å². The summed E-state index contributed by atoms with van der Waals surface area (Å²) in [5.41, 5.74) is 0.487. The van der Waals surface area contributed by atoms with Crippen LogP contribution in [-0.2, 0) is 21.9 Å². The molecule has 0 bridgehead atoms. The van der Waals surface area contributed by atoms with E-state index in [1.54, 1.807) is 0 Å². The van der Waals surface area contributed by atoms with Crippen molar-refractivity contribution < 1.29 is 49.9 Å². The zero-order chi connectivity index (χ0) is 18.8. The van der Waals surface area contributed by atoms with Gasteiger partial charge in [0.1, 0.15) is 0 Å². The van der Waals surface area contributed by atoms with Crippen LogP contribution in [-0.4, -0.2) is 28.0 Å². The van der Waals surface area contributed by atoms with Crippen molar-refractivity contribution in [2.24, 2.45) is 0 Å². The second-order valence-electron chi connectivity index (χ2n) is 4.13. The molecule has 1 aliphatic carbocycles. The summed E-state index contributed by atoms with van der Waals surface area (Å²) in [5.74, 6) is -2.85. The fraction of sp³-hybridized carbons (Fsp3) is 0.133. The van der Waals surface area contributed by atoms with Crippen molar-refractivity contribution in [1.82, 2.24) is 0 Å². The first kappa shape index (κ1) is 25.3. The number of hydrogen-bond acceptors (Lipinski definition) is 4. The Kier molecular flexibility index (Phi) is 12.6. The van der Waals surface area contributed by atoms with Crippen molar-refractivity contribution in [2.75, 3.05) is 0 Å². The first-order valence-corrected chi connectivity index (χ1v) is 6.28. The Morgan fingerprint density at radius 3 is 1.52 bits per heavy atom. The van der Waals surface area contributed by atoms with Crippen molar-refractivity contribution in [3.63, 3.8) is 0 Å². The summed E-state index contributed by atoms with van der Waals surface area (Å²) in [6.07, 6.45) is 4.92. The van der Waals surface area contributed by atoms with Gasteiger partial charge in [0.05, 0.1) is 4.92 Å². The van der Waals surface area contributed by atoms with E-state index in [1.165, 1.54) is 31.2 Å². The Morgan fingerprint density at radius 2 is 1.32 bits per heavy atom. The number of carbonyl (C=O) groups is 2. The van der Waals surface area contributed by atoms with Gasteiger partial charge in [-0.25, -0.2) is 4.79 Å². The number of carbonyl (C=O) groups excluding carboxylic acids is 1. The van der Waals surface area contributed by atoms with E-state index in [4.69, 9.17) is 9.90 Å². The molecule has 0 heterocycles. The van der Waals surface area contributed by atoms with Gasteiger partial charge >= 0.3 is 12.1 Å². The number of rotatable bonds is 2. The number of ketones is 1. The van der Waals surface area contributed by atoms with Crippen molar-refractivity contribution in [2.45, 2.75) is 13.1 Å². The summed E-state index contributed by atoms with van der Waals surface area (Å²) in [5, 5.41) is 17.3. The number of nitro groups is 1. The van der Waals surface area contributed by atoms with Crippen LogP contribution in [0, 0.1) is 42.2 Å². The third-order valence-corrected chi connectivity index (χ3v) is 2.28. The monoisotopic (exact) mass is 400 g/mol. The van der Waals surface area contributed by atoms with Gasteiger partial charge in [-0.05, 0) is 51.2 Å². The van der Waals surface area contributed by atoms with E-state index in [9.17, 15) is 28.1 Å². The van der Waals surface area contributed by atoms with E-state index in [1.807, 2.05) is 32.1 Å². The van der Waals surface area contributed by atoms with Gasteiger partial charge in [-0.1, -0.05) is 0 Å². The summed E-state index contributed by atoms with van der Waals surface area (Å²) in [6, 6.07) is 5.52. The average molecular weight is 400 g/mol. The molecule has 1 saturated carbocycles. The molecule has 137 valence electrons. The zero-order valence-corrected chi connectivity index (χ0v) is 13.8. The molecule has 1 aromatic rings. The molecular formula is C15H13F3FeNO5. The summed E-state index contributed by atoms with van der Waals surface area (Å²) < 4.78 is 31.7. The molecule has 6 nitrogen and oxygen atoms in total. The van der Waals surface area contributed by atoms with Gasteiger partial charge in [-0.2, -0.15) is 13.2 Å². The molecular weight excluding hydrogens is 387 g/mol. The zero-order valence-electron chi connectivity index (χ0n) is 12.7. The molecule has 1 aromatic carbocycles. The molecule has 1 N–H and O–H groups in total. The number of aliphatic carboxylic acids is 1. The predicted molar refractivity (Wildman–Crippen MR) is 78.3 cm³/mol. The molecule has 5 radical (unpaired) electrons. The predicted octanol–water partition coefficient (Wildman–Crippen LogP) is 3.45. The van der Waals surface area contributed by atoms with Crippen LogP contribution in [0.5, 0.6) is 0 Å². The fourth-order valence-electron chi connectivity index (χ4n) is 1.14. The van der Waals surface area contributed by atoms with Crippen LogP contribution >= 0.6 is 0 Å². The van der Waals surface area contributed by atoms with Crippen LogP contribution < -0.4 is 0 Å². The number of carboxylic acids is 1. The number of nitro benzene ring substituents is 1. The summed E-state index contributed by atoms with van der Waals surface area (Å²) in [4.78, 5) is 29.4. The number of Topliss-reactive ketones (excluding diaryl/α,β-unsaturated/α-hetero) is 1. The fourth-order valence-corrected chi connectivity index (χ4v) is 1.14. The summed E-state index contributed by atoms with van der Waals surface area (Å²) >= 11 is 0. The maximum absolute atomic E-state index is 10.8. The molecule has 10 heteroatoms. The van der Waals surface area contributed by atoms with E-state index in [0.29, 0.717) is 5.56 Å². The SMILES string of the molecule is CC(=O)c1ccc([N+](=O)[O-])cc1.O=C(O)C(F)(F)F.[CH]1[CH][CH][CH][CH]1.[Fe]. The standard InChI is InChI=1S/C8H7NO3.C5H5.C2HF3O2.Fe/c1-6(10)7-2-4-8(5-3-7)9(11)12;1-2-4-5-3-1;3-2(4,5)1(6)7;/h2-5H,1H3;1-5H;(H,6,7);. The van der Waals surface area contributed by atoms with Crippen molar-refractivity contribution in [3.05, 3.63) is 72.0 Å². The molecule has 1 aliphatic rings. The number of carboxylic acid groups (broad SMARTS) is 1. The number of benzene rings is 1. The van der Waals surface area contributed by atoms with Crippen LogP contribution in [0.1, 0.15) is 17.3 Å². The van der Waals surface area contributed by atoms with E-state index in [0.717, 1.165) is 0 Å². The minimum absolute atomic E-state index is 0. The smallest absolute Gasteiger partial charge is 0.475 e. The molecule has 0 aliphatic heterocycles. The van der Waals surface area contributed by atoms with E-state index in [2.05, 4.69) is 0 Å². The Hall–Kier alpha value is -1.93. The van der Waals surface area contributed by atoms with Gasteiger partial charge in [0.25, 0.3) is 5.69 Å². The van der Waals surface area contributed by atoms with Gasteiger partial charge < -0.3 is 5.11 Å². The molecule has 1 fully saturated rings. The molecule has 0 amide bonds. The normalized spacial score (nSPS) is 12.5. The Labute approximate surface area is 153 Å². The second kappa shape index (κ2) is 12.4. The van der Waals surface area contributed by atoms with Crippen LogP contribution in [0.3, 0.4) is 0 Å². The number of alkyl halides is 3. The van der Waals surface area contributed by atoms with E-state index < -0.39 is 17.1 Å². The van der Waals surface area contributed by atoms with Crippen LogP contribution in [0.25, 0.3) is 0 Å². The number of non-ortho nitro benzene ring substituents is 1. The first-order chi connectivity index (χ1) is 11.1. The van der Waals surface area contributed by atoms with Gasteiger partial charge in [0, 0.05) is 34.8 Å². The van der Waals surface area contributed by atoms with Crippen LogP contribution in [0.2, 0.25) is 0 Å². The second-order valence-corrected chi connectivity index (χ2v) is 4.13. The van der Waals surface area contributed by atoms with Crippen LogP contribution in [0.4, 0.5) is 18.9 Å². The number of hydrogen-bond donors (Lipinski definition) is 1. The van der Waals surface area contributed by atoms with E-state index in [-0.39, 0.29) is 28.5 Å². The van der Waals surface area contributed by atoms with Crippen molar-refractivity contribution in [1.29, 1.82) is 0 Å². The Bertz CT molecular complexity index is 517. The van der Waals surface area contributed by atoms with Gasteiger partial charge in [-0.15, -0.1) is 0 Å². The van der Waals surface area contributed by atoms with Gasteiger partial charge in [0.15, 0.2) is 5.78 Å². The molecule has 25 heavy (non-hydrogen) atoms. The van der Waals surface area contributed by atoms with E-state index >= 15 is 0 Å². The minimum Gasteiger partial charge on any atom is -0.475 e. The average Bonchev–Trinajstić information content (AvgIpc) is 3.06. The quantitative estimate of drug-likeness (QED) is 0.355. The maximum atomic E-state index is 10.8. The number of halogens is 3.